The van der Waals surface area contributed by atoms with Crippen LogP contribution in [-0.4, -0.2) is 58.8 Å². The standard InChI is InChI=1S/C17H25NO6S2/c1-16(2)17(21,15(19)20)18(11-5-4-6-12-25-16)26(22,23)14-9-7-13(24-3)8-10-14/h7-10,21H,4-6,11-12H2,1-3H3,(H,19,20). The van der Waals surface area contributed by atoms with Gasteiger partial charge >= 0.3 is 5.97 Å². The maximum absolute atomic E-state index is 13.2. The van der Waals surface area contributed by atoms with E-state index in [4.69, 9.17) is 4.74 Å². The quantitative estimate of drug-likeness (QED) is 0.794. The van der Waals surface area contributed by atoms with Crippen LogP contribution in [0, 0.1) is 0 Å². The van der Waals surface area contributed by atoms with E-state index in [1.807, 2.05) is 0 Å². The van der Waals surface area contributed by atoms with E-state index in [-0.39, 0.29) is 11.4 Å². The number of aliphatic hydroxyl groups is 1. The zero-order chi connectivity index (χ0) is 19.6. The lowest BCUT2D eigenvalue weighted by atomic mass is 9.98. The van der Waals surface area contributed by atoms with E-state index in [1.54, 1.807) is 13.8 Å². The van der Waals surface area contributed by atoms with Gasteiger partial charge in [-0.3, -0.25) is 0 Å². The van der Waals surface area contributed by atoms with Gasteiger partial charge in [-0.1, -0.05) is 6.42 Å². The third-order valence-electron chi connectivity index (χ3n) is 4.61. The molecule has 0 bridgehead atoms. The third kappa shape index (κ3) is 3.71. The van der Waals surface area contributed by atoms with E-state index in [2.05, 4.69) is 0 Å². The number of carboxylic acid groups (broad SMARTS) is 1. The minimum Gasteiger partial charge on any atom is -0.497 e. The van der Waals surface area contributed by atoms with Gasteiger partial charge in [-0.15, -0.1) is 0 Å². The second-order valence-corrected chi connectivity index (χ2v) is 10.2. The zero-order valence-electron chi connectivity index (χ0n) is 15.1. The molecule has 9 heteroatoms. The summed E-state index contributed by atoms with van der Waals surface area (Å²) in [6.07, 6.45) is 2.06. The van der Waals surface area contributed by atoms with Crippen LogP contribution in [-0.2, 0) is 14.8 Å². The molecular formula is C17H25NO6S2. The van der Waals surface area contributed by atoms with Crippen LogP contribution < -0.4 is 4.74 Å². The Bertz CT molecular complexity index is 747. The van der Waals surface area contributed by atoms with E-state index >= 15 is 0 Å². The Labute approximate surface area is 158 Å². The number of hydrogen-bond acceptors (Lipinski definition) is 6. The molecule has 1 aliphatic heterocycles. The van der Waals surface area contributed by atoms with Gasteiger partial charge in [-0.2, -0.15) is 16.1 Å². The van der Waals surface area contributed by atoms with Crippen molar-refractivity contribution >= 4 is 27.8 Å². The van der Waals surface area contributed by atoms with Crippen LogP contribution >= 0.6 is 11.8 Å². The monoisotopic (exact) mass is 403 g/mol. The van der Waals surface area contributed by atoms with Gasteiger partial charge in [0.05, 0.1) is 16.8 Å². The highest BCUT2D eigenvalue weighted by Gasteiger charge is 2.59. The highest BCUT2D eigenvalue weighted by Crippen LogP contribution is 2.42. The molecule has 146 valence electrons. The van der Waals surface area contributed by atoms with Gasteiger partial charge in [0.15, 0.2) is 0 Å². The topological polar surface area (TPSA) is 104 Å². The largest absolute Gasteiger partial charge is 0.497 e. The van der Waals surface area contributed by atoms with Crippen molar-refractivity contribution in [2.45, 2.75) is 48.5 Å². The summed E-state index contributed by atoms with van der Waals surface area (Å²) in [7, 11) is -2.77. The van der Waals surface area contributed by atoms with Gasteiger partial charge in [0.2, 0.25) is 15.7 Å². The van der Waals surface area contributed by atoms with Crippen LogP contribution in [0.3, 0.4) is 0 Å². The van der Waals surface area contributed by atoms with Crippen molar-refractivity contribution in [1.82, 2.24) is 4.31 Å². The summed E-state index contributed by atoms with van der Waals surface area (Å²) in [5, 5.41) is 21.0. The molecule has 1 aliphatic rings. The minimum atomic E-state index is -4.23. The molecule has 1 atom stereocenters. The number of benzene rings is 1. The van der Waals surface area contributed by atoms with Crippen molar-refractivity contribution in [2.75, 3.05) is 19.4 Å². The first kappa shape index (κ1) is 21.0. The molecule has 1 heterocycles. The lowest BCUT2D eigenvalue weighted by molar-refractivity contribution is -0.177. The Balaban J connectivity index is 2.59. The fourth-order valence-electron chi connectivity index (χ4n) is 2.96. The molecule has 2 N–H and O–H groups in total. The minimum absolute atomic E-state index is 0.0683. The van der Waals surface area contributed by atoms with E-state index in [1.165, 1.54) is 43.1 Å². The maximum Gasteiger partial charge on any atom is 0.354 e. The summed E-state index contributed by atoms with van der Waals surface area (Å²) in [5.41, 5.74) is -2.57. The lowest BCUT2D eigenvalue weighted by Gasteiger charge is -2.44. The number of rotatable bonds is 4. The predicted molar refractivity (Wildman–Crippen MR) is 99.9 cm³/mol. The van der Waals surface area contributed by atoms with E-state index in [0.29, 0.717) is 17.9 Å². The van der Waals surface area contributed by atoms with Crippen LogP contribution in [0.25, 0.3) is 0 Å². The Kier molecular flexibility index (Phi) is 6.27. The molecule has 1 aromatic rings. The fourth-order valence-corrected chi connectivity index (χ4v) is 6.03. The van der Waals surface area contributed by atoms with Crippen LogP contribution in [0.2, 0.25) is 0 Å². The first-order valence-electron chi connectivity index (χ1n) is 8.34. The van der Waals surface area contributed by atoms with E-state index in [0.717, 1.165) is 17.1 Å². The normalized spacial score (nSPS) is 24.9. The van der Waals surface area contributed by atoms with Crippen molar-refractivity contribution in [1.29, 1.82) is 0 Å². The smallest absolute Gasteiger partial charge is 0.354 e. The number of carboxylic acids is 1. The Hall–Kier alpha value is -1.29. The number of thioether (sulfide) groups is 1. The SMILES string of the molecule is COc1ccc(S(=O)(=O)N2CCCCCSC(C)(C)C2(O)C(=O)O)cc1. The number of methoxy groups -OCH3 is 1. The van der Waals surface area contributed by atoms with Gasteiger partial charge in [-0.05, 0) is 56.7 Å². The van der Waals surface area contributed by atoms with Crippen LogP contribution in [0.5, 0.6) is 5.75 Å². The van der Waals surface area contributed by atoms with Crippen molar-refractivity contribution in [2.24, 2.45) is 0 Å². The summed E-state index contributed by atoms with van der Waals surface area (Å²) in [5.74, 6) is -0.439. The molecule has 1 saturated heterocycles. The maximum atomic E-state index is 13.2. The molecule has 7 nitrogen and oxygen atoms in total. The van der Waals surface area contributed by atoms with E-state index in [9.17, 15) is 23.4 Å². The fraction of sp³-hybridized carbons (Fsp3) is 0.588. The number of sulfonamides is 1. The highest BCUT2D eigenvalue weighted by atomic mass is 32.2. The summed E-state index contributed by atoms with van der Waals surface area (Å²) in [6, 6.07) is 5.68. The number of carbonyl (C=O) groups is 1. The van der Waals surface area contributed by atoms with Crippen LogP contribution in [0.15, 0.2) is 29.2 Å². The first-order chi connectivity index (χ1) is 12.1. The van der Waals surface area contributed by atoms with Gasteiger partial charge < -0.3 is 14.9 Å². The van der Waals surface area contributed by atoms with Crippen molar-refractivity contribution in [3.8, 4) is 5.75 Å². The Morgan fingerprint density at radius 1 is 1.19 bits per heavy atom. The lowest BCUT2D eigenvalue weighted by Crippen LogP contribution is -2.67. The van der Waals surface area contributed by atoms with E-state index < -0.39 is 26.5 Å². The molecule has 1 unspecified atom stereocenters. The molecule has 0 amide bonds. The number of ether oxygens (including phenoxy) is 1. The van der Waals surface area contributed by atoms with Crippen LogP contribution in [0.4, 0.5) is 0 Å². The average molecular weight is 404 g/mol. The molecular weight excluding hydrogens is 378 g/mol. The number of aliphatic carboxylic acids is 1. The highest BCUT2D eigenvalue weighted by molar-refractivity contribution is 8.00. The predicted octanol–water partition coefficient (Wildman–Crippen LogP) is 2.15. The van der Waals surface area contributed by atoms with Crippen molar-refractivity contribution < 1.29 is 28.2 Å². The Morgan fingerprint density at radius 2 is 1.81 bits per heavy atom. The first-order valence-corrected chi connectivity index (χ1v) is 10.8. The molecule has 1 aromatic carbocycles. The number of hydrogen-bond donors (Lipinski definition) is 2. The molecule has 0 radical (unpaired) electrons. The van der Waals surface area contributed by atoms with Gasteiger partial charge in [0, 0.05) is 6.54 Å². The van der Waals surface area contributed by atoms with Gasteiger partial charge in [-0.25, -0.2) is 13.2 Å². The molecule has 0 aromatic heterocycles. The van der Waals surface area contributed by atoms with Crippen molar-refractivity contribution in [3.05, 3.63) is 24.3 Å². The summed E-state index contributed by atoms with van der Waals surface area (Å²) < 4.78 is 31.0. The second-order valence-electron chi connectivity index (χ2n) is 6.65. The summed E-state index contributed by atoms with van der Waals surface area (Å²) in [4.78, 5) is 12.0. The van der Waals surface area contributed by atoms with Crippen molar-refractivity contribution in [3.63, 3.8) is 0 Å². The molecule has 1 fully saturated rings. The third-order valence-corrected chi connectivity index (χ3v) is 8.01. The molecule has 0 saturated carbocycles. The molecule has 2 rings (SSSR count). The molecule has 0 spiro atoms. The molecule has 26 heavy (non-hydrogen) atoms. The van der Waals surface area contributed by atoms with Gasteiger partial charge in [0.1, 0.15) is 5.75 Å². The summed E-state index contributed by atoms with van der Waals surface area (Å²) in [6.45, 7) is 3.06. The second kappa shape index (κ2) is 7.75. The van der Waals surface area contributed by atoms with Crippen LogP contribution in [0.1, 0.15) is 33.1 Å². The number of nitrogens with zero attached hydrogens (tertiary/aromatic N) is 1. The summed E-state index contributed by atoms with van der Waals surface area (Å²) >= 11 is 1.27. The average Bonchev–Trinajstić information content (AvgIpc) is 2.65. The zero-order valence-corrected chi connectivity index (χ0v) is 16.8. The van der Waals surface area contributed by atoms with Gasteiger partial charge in [0.25, 0.3) is 0 Å². The molecule has 0 aliphatic carbocycles. The Morgan fingerprint density at radius 3 is 2.35 bits per heavy atom.